The summed E-state index contributed by atoms with van der Waals surface area (Å²) >= 11 is 0. The predicted molar refractivity (Wildman–Crippen MR) is 77.9 cm³/mol. The van der Waals surface area contributed by atoms with Crippen LogP contribution in [0, 0.1) is 0 Å². The zero-order valence-corrected chi connectivity index (χ0v) is 12.0. The molecule has 21 heavy (non-hydrogen) atoms. The van der Waals surface area contributed by atoms with Crippen LogP contribution in [0.3, 0.4) is 0 Å². The Morgan fingerprint density at radius 1 is 1.14 bits per heavy atom. The van der Waals surface area contributed by atoms with Gasteiger partial charge in [0.1, 0.15) is 0 Å². The first-order chi connectivity index (χ1) is 10.0. The minimum atomic E-state index is -0.838. The van der Waals surface area contributed by atoms with Crippen LogP contribution in [-0.2, 0) is 9.59 Å². The monoisotopic (exact) mass is 292 g/mol. The van der Waals surface area contributed by atoms with Crippen molar-refractivity contribution in [1.29, 1.82) is 0 Å². The number of amides is 2. The van der Waals surface area contributed by atoms with E-state index in [2.05, 4.69) is 5.32 Å². The van der Waals surface area contributed by atoms with Gasteiger partial charge >= 0.3 is 5.97 Å². The number of hydrogen-bond donors (Lipinski definition) is 2. The number of carboxylic acids is 1. The molecule has 2 N–H and O–H groups in total. The summed E-state index contributed by atoms with van der Waals surface area (Å²) in [6.07, 6.45) is 1.23. The summed E-state index contributed by atoms with van der Waals surface area (Å²) < 4.78 is 0. The Labute approximate surface area is 123 Å². The highest BCUT2D eigenvalue weighted by molar-refractivity contribution is 5.96. The Morgan fingerprint density at radius 3 is 2.43 bits per heavy atom. The second-order valence-corrected chi connectivity index (χ2v) is 4.73. The van der Waals surface area contributed by atoms with Crippen molar-refractivity contribution in [3.05, 3.63) is 35.9 Å². The van der Waals surface area contributed by atoms with Crippen LogP contribution in [-0.4, -0.2) is 47.9 Å². The van der Waals surface area contributed by atoms with Crippen LogP contribution in [0.25, 0.3) is 0 Å². The maximum absolute atomic E-state index is 12.0. The van der Waals surface area contributed by atoms with Crippen molar-refractivity contribution in [2.24, 2.45) is 0 Å². The van der Waals surface area contributed by atoms with E-state index in [0.717, 1.165) is 0 Å². The number of benzene rings is 1. The predicted octanol–water partition coefficient (Wildman–Crippen LogP) is 1.13. The average Bonchev–Trinajstić information content (AvgIpc) is 2.46. The lowest BCUT2D eigenvalue weighted by molar-refractivity contribution is -0.137. The van der Waals surface area contributed by atoms with Crippen LogP contribution in [0.2, 0.25) is 0 Å². The van der Waals surface area contributed by atoms with Gasteiger partial charge in [-0.3, -0.25) is 14.4 Å². The topological polar surface area (TPSA) is 86.7 Å². The summed E-state index contributed by atoms with van der Waals surface area (Å²) in [6, 6.07) is 8.75. The molecule has 2 amide bonds. The lowest BCUT2D eigenvalue weighted by atomic mass is 10.2. The molecule has 1 aromatic rings. The minimum Gasteiger partial charge on any atom is -0.481 e. The summed E-state index contributed by atoms with van der Waals surface area (Å²) in [4.78, 5) is 35.3. The number of hydrogen-bond acceptors (Lipinski definition) is 3. The Kier molecular flexibility index (Phi) is 6.94. The molecule has 0 saturated carbocycles. The second-order valence-electron chi connectivity index (χ2n) is 4.73. The van der Waals surface area contributed by atoms with Gasteiger partial charge in [-0.05, 0) is 25.0 Å². The molecule has 0 bridgehead atoms. The van der Waals surface area contributed by atoms with E-state index in [1.807, 2.05) is 6.07 Å². The van der Waals surface area contributed by atoms with E-state index >= 15 is 0 Å². The number of rotatable bonds is 8. The van der Waals surface area contributed by atoms with Gasteiger partial charge in [0, 0.05) is 25.6 Å². The van der Waals surface area contributed by atoms with E-state index in [1.54, 1.807) is 31.3 Å². The van der Waals surface area contributed by atoms with Gasteiger partial charge in [0.25, 0.3) is 5.91 Å². The van der Waals surface area contributed by atoms with Gasteiger partial charge in [-0.2, -0.15) is 0 Å². The summed E-state index contributed by atoms with van der Waals surface area (Å²) in [7, 11) is 1.57. The minimum absolute atomic E-state index is 0.0212. The molecule has 114 valence electrons. The lowest BCUT2D eigenvalue weighted by Gasteiger charge is -2.16. The molecule has 6 nitrogen and oxygen atoms in total. The van der Waals surface area contributed by atoms with Gasteiger partial charge in [0.15, 0.2) is 0 Å². The molecule has 0 fully saturated rings. The van der Waals surface area contributed by atoms with Crippen molar-refractivity contribution in [2.45, 2.75) is 19.3 Å². The molecular weight excluding hydrogens is 272 g/mol. The fourth-order valence-electron chi connectivity index (χ4n) is 1.77. The van der Waals surface area contributed by atoms with Gasteiger partial charge in [-0.25, -0.2) is 0 Å². The molecule has 0 radical (unpaired) electrons. The fraction of sp³-hybridized carbons (Fsp3) is 0.400. The number of nitrogens with one attached hydrogen (secondary N) is 1. The van der Waals surface area contributed by atoms with Crippen molar-refractivity contribution in [2.75, 3.05) is 20.1 Å². The Balaban J connectivity index is 2.27. The molecule has 0 aliphatic carbocycles. The third kappa shape index (κ3) is 6.56. The molecule has 1 aromatic carbocycles. The molecule has 1 rings (SSSR count). The Morgan fingerprint density at radius 2 is 1.81 bits per heavy atom. The number of unbranched alkanes of at least 4 members (excludes halogenated alkanes) is 1. The number of carbonyl (C=O) groups is 3. The van der Waals surface area contributed by atoms with E-state index < -0.39 is 5.97 Å². The third-order valence-electron chi connectivity index (χ3n) is 2.89. The van der Waals surface area contributed by atoms with Crippen LogP contribution < -0.4 is 5.32 Å². The van der Waals surface area contributed by atoms with Gasteiger partial charge in [0.2, 0.25) is 5.91 Å². The molecule has 0 aliphatic rings. The number of likely N-dealkylation sites (N-methyl/N-ethyl adjacent to an activating group) is 1. The SMILES string of the molecule is CN(CC(=O)NCCCCC(=O)O)C(=O)c1ccccc1. The van der Waals surface area contributed by atoms with Crippen LogP contribution in [0.5, 0.6) is 0 Å². The number of carbonyl (C=O) groups excluding carboxylic acids is 2. The quantitative estimate of drug-likeness (QED) is 0.703. The first-order valence-corrected chi connectivity index (χ1v) is 6.79. The maximum Gasteiger partial charge on any atom is 0.303 e. The van der Waals surface area contributed by atoms with E-state index in [9.17, 15) is 14.4 Å². The number of aliphatic carboxylic acids is 1. The van der Waals surface area contributed by atoms with Crippen molar-refractivity contribution < 1.29 is 19.5 Å². The standard InChI is InChI=1S/C15H20N2O4/c1-17(15(21)12-7-3-2-4-8-12)11-13(18)16-10-6-5-9-14(19)20/h2-4,7-8H,5-6,9-11H2,1H3,(H,16,18)(H,19,20). The Hall–Kier alpha value is -2.37. The van der Waals surface area contributed by atoms with Crippen molar-refractivity contribution in [3.63, 3.8) is 0 Å². The molecule has 0 aromatic heterocycles. The first-order valence-electron chi connectivity index (χ1n) is 6.79. The first kappa shape index (κ1) is 16.7. The lowest BCUT2D eigenvalue weighted by Crippen LogP contribution is -2.38. The van der Waals surface area contributed by atoms with E-state index in [4.69, 9.17) is 5.11 Å². The van der Waals surface area contributed by atoms with Crippen molar-refractivity contribution in [3.8, 4) is 0 Å². The molecule has 0 aliphatic heterocycles. The zero-order valence-electron chi connectivity index (χ0n) is 12.0. The molecule has 0 saturated heterocycles. The highest BCUT2D eigenvalue weighted by Gasteiger charge is 2.14. The number of carboxylic acid groups (broad SMARTS) is 1. The fourth-order valence-corrected chi connectivity index (χ4v) is 1.77. The second kappa shape index (κ2) is 8.73. The van der Waals surface area contributed by atoms with Crippen LogP contribution in [0.1, 0.15) is 29.6 Å². The highest BCUT2D eigenvalue weighted by atomic mass is 16.4. The van der Waals surface area contributed by atoms with Crippen LogP contribution in [0.4, 0.5) is 0 Å². The molecule has 0 spiro atoms. The van der Waals surface area contributed by atoms with Gasteiger partial charge < -0.3 is 15.3 Å². The largest absolute Gasteiger partial charge is 0.481 e. The smallest absolute Gasteiger partial charge is 0.303 e. The summed E-state index contributed by atoms with van der Waals surface area (Å²) in [5, 5.41) is 11.1. The molecule has 0 heterocycles. The van der Waals surface area contributed by atoms with Crippen molar-refractivity contribution in [1.82, 2.24) is 10.2 Å². The van der Waals surface area contributed by atoms with Gasteiger partial charge in [0.05, 0.1) is 6.54 Å². The Bertz CT molecular complexity index is 488. The van der Waals surface area contributed by atoms with E-state index in [0.29, 0.717) is 24.9 Å². The van der Waals surface area contributed by atoms with Gasteiger partial charge in [-0.1, -0.05) is 18.2 Å². The average molecular weight is 292 g/mol. The molecule has 6 heteroatoms. The third-order valence-corrected chi connectivity index (χ3v) is 2.89. The number of nitrogens with zero attached hydrogens (tertiary/aromatic N) is 1. The maximum atomic E-state index is 12.0. The summed E-state index contributed by atoms with van der Waals surface area (Å²) in [6.45, 7) is 0.395. The summed E-state index contributed by atoms with van der Waals surface area (Å²) in [5.74, 6) is -1.30. The zero-order chi connectivity index (χ0) is 15.7. The van der Waals surface area contributed by atoms with Gasteiger partial charge in [-0.15, -0.1) is 0 Å². The van der Waals surface area contributed by atoms with E-state index in [-0.39, 0.29) is 24.8 Å². The van der Waals surface area contributed by atoms with Crippen LogP contribution in [0.15, 0.2) is 30.3 Å². The molecular formula is C15H20N2O4. The molecule has 0 atom stereocenters. The highest BCUT2D eigenvalue weighted by Crippen LogP contribution is 2.02. The van der Waals surface area contributed by atoms with Crippen LogP contribution >= 0.6 is 0 Å². The summed E-state index contributed by atoms with van der Waals surface area (Å²) in [5.41, 5.74) is 0.536. The van der Waals surface area contributed by atoms with E-state index in [1.165, 1.54) is 4.90 Å². The van der Waals surface area contributed by atoms with Crippen molar-refractivity contribution >= 4 is 17.8 Å². The normalized spacial score (nSPS) is 9.95. The molecule has 0 unspecified atom stereocenters.